The van der Waals surface area contributed by atoms with E-state index in [0.717, 1.165) is 11.3 Å². The quantitative estimate of drug-likeness (QED) is 0.715. The molecular weight excluding hydrogens is 332 g/mol. The highest BCUT2D eigenvalue weighted by molar-refractivity contribution is 8.00. The first-order valence-electron chi connectivity index (χ1n) is 6.86. The van der Waals surface area contributed by atoms with Crippen molar-refractivity contribution in [2.24, 2.45) is 0 Å². The Morgan fingerprint density at radius 3 is 3.04 bits per heavy atom. The predicted octanol–water partition coefficient (Wildman–Crippen LogP) is 2.55. The number of aryl methyl sites for hydroxylation is 1. The molecule has 9 heteroatoms. The molecule has 7 nitrogen and oxygen atoms in total. The van der Waals surface area contributed by atoms with Crippen LogP contribution in [0, 0.1) is 6.92 Å². The standard InChI is InChI=1S/C14H14N6OS2/c1-9-4-3-5-11(8-9)20-14(17-18-19-20)23-10(2)12(21)16-13-15-6-7-22-13/h3-8,10H,1-2H3,(H,15,16,21). The van der Waals surface area contributed by atoms with Crippen LogP contribution in [0.3, 0.4) is 0 Å². The molecule has 118 valence electrons. The second kappa shape index (κ2) is 6.88. The lowest BCUT2D eigenvalue weighted by Gasteiger charge is -2.10. The topological polar surface area (TPSA) is 85.6 Å². The third-order valence-electron chi connectivity index (χ3n) is 3.00. The van der Waals surface area contributed by atoms with Crippen molar-refractivity contribution in [2.75, 3.05) is 5.32 Å². The number of tetrazole rings is 1. The summed E-state index contributed by atoms with van der Waals surface area (Å²) >= 11 is 2.68. The second-order valence-electron chi connectivity index (χ2n) is 4.80. The summed E-state index contributed by atoms with van der Waals surface area (Å²) in [5.74, 6) is -0.135. The molecule has 1 atom stereocenters. The molecule has 1 amide bonds. The van der Waals surface area contributed by atoms with Gasteiger partial charge >= 0.3 is 0 Å². The van der Waals surface area contributed by atoms with E-state index in [1.165, 1.54) is 23.1 Å². The molecule has 0 aliphatic carbocycles. The molecule has 0 spiro atoms. The molecule has 3 aromatic rings. The summed E-state index contributed by atoms with van der Waals surface area (Å²) in [4.78, 5) is 16.2. The first kappa shape index (κ1) is 15.6. The number of hydrogen-bond acceptors (Lipinski definition) is 7. The van der Waals surface area contributed by atoms with Gasteiger partial charge < -0.3 is 5.32 Å². The Hall–Kier alpha value is -2.26. The van der Waals surface area contributed by atoms with Gasteiger partial charge in [0.15, 0.2) is 5.13 Å². The van der Waals surface area contributed by atoms with Gasteiger partial charge in [0.2, 0.25) is 11.1 Å². The van der Waals surface area contributed by atoms with Crippen LogP contribution in [0.2, 0.25) is 0 Å². The first-order valence-corrected chi connectivity index (χ1v) is 8.62. The summed E-state index contributed by atoms with van der Waals surface area (Å²) < 4.78 is 1.63. The van der Waals surface area contributed by atoms with Crippen molar-refractivity contribution in [1.29, 1.82) is 0 Å². The molecular formula is C14H14N6OS2. The third-order valence-corrected chi connectivity index (χ3v) is 4.72. The summed E-state index contributed by atoms with van der Waals surface area (Å²) in [5, 5.41) is 17.1. The number of amides is 1. The fourth-order valence-electron chi connectivity index (χ4n) is 1.88. The number of carbonyl (C=O) groups excluding carboxylic acids is 1. The van der Waals surface area contributed by atoms with Crippen molar-refractivity contribution in [3.63, 3.8) is 0 Å². The fourth-order valence-corrected chi connectivity index (χ4v) is 3.22. The monoisotopic (exact) mass is 346 g/mol. The lowest BCUT2D eigenvalue weighted by molar-refractivity contribution is -0.115. The maximum Gasteiger partial charge on any atom is 0.239 e. The zero-order chi connectivity index (χ0) is 16.2. The molecule has 23 heavy (non-hydrogen) atoms. The van der Waals surface area contributed by atoms with Gasteiger partial charge in [0, 0.05) is 11.6 Å². The van der Waals surface area contributed by atoms with E-state index >= 15 is 0 Å². The Morgan fingerprint density at radius 2 is 2.30 bits per heavy atom. The van der Waals surface area contributed by atoms with Crippen molar-refractivity contribution in [3.8, 4) is 5.69 Å². The molecule has 1 unspecified atom stereocenters. The summed E-state index contributed by atoms with van der Waals surface area (Å²) in [6, 6.07) is 7.86. The van der Waals surface area contributed by atoms with Crippen LogP contribution in [0.1, 0.15) is 12.5 Å². The maximum absolute atomic E-state index is 12.2. The number of hydrogen-bond donors (Lipinski definition) is 1. The van der Waals surface area contributed by atoms with Crippen LogP contribution in [0.15, 0.2) is 41.0 Å². The molecule has 0 saturated carbocycles. The minimum absolute atomic E-state index is 0.135. The molecule has 1 aromatic carbocycles. The minimum atomic E-state index is -0.353. The van der Waals surface area contributed by atoms with Gasteiger partial charge in [-0.3, -0.25) is 4.79 Å². The molecule has 0 aliphatic rings. The van der Waals surface area contributed by atoms with Gasteiger partial charge in [-0.2, -0.15) is 4.68 Å². The Balaban J connectivity index is 1.73. The number of nitrogens with one attached hydrogen (secondary N) is 1. The van der Waals surface area contributed by atoms with Gasteiger partial charge in [0.05, 0.1) is 10.9 Å². The molecule has 0 bridgehead atoms. The Bertz CT molecular complexity index is 801. The Labute approximate surface area is 141 Å². The van der Waals surface area contributed by atoms with Crippen LogP contribution in [0.25, 0.3) is 5.69 Å². The number of rotatable bonds is 5. The third kappa shape index (κ3) is 3.74. The van der Waals surface area contributed by atoms with Gasteiger partial charge in [-0.1, -0.05) is 23.9 Å². The normalized spacial score (nSPS) is 12.1. The average Bonchev–Trinajstić information content (AvgIpc) is 3.18. The van der Waals surface area contributed by atoms with Gasteiger partial charge in [-0.05, 0) is 42.0 Å². The number of aromatic nitrogens is 5. The van der Waals surface area contributed by atoms with Crippen LogP contribution >= 0.6 is 23.1 Å². The molecule has 0 aliphatic heterocycles. The van der Waals surface area contributed by atoms with E-state index in [0.29, 0.717) is 10.3 Å². The largest absolute Gasteiger partial charge is 0.301 e. The van der Waals surface area contributed by atoms with Crippen molar-refractivity contribution >= 4 is 34.1 Å². The van der Waals surface area contributed by atoms with Gasteiger partial charge in [0.25, 0.3) is 0 Å². The van der Waals surface area contributed by atoms with Crippen LogP contribution in [0.4, 0.5) is 5.13 Å². The lowest BCUT2D eigenvalue weighted by Crippen LogP contribution is -2.22. The van der Waals surface area contributed by atoms with E-state index in [4.69, 9.17) is 0 Å². The van der Waals surface area contributed by atoms with E-state index in [9.17, 15) is 4.79 Å². The Morgan fingerprint density at radius 1 is 1.43 bits per heavy atom. The number of anilines is 1. The molecule has 2 heterocycles. The number of benzene rings is 1. The highest BCUT2D eigenvalue weighted by Gasteiger charge is 2.20. The Kier molecular flexibility index (Phi) is 4.68. The van der Waals surface area contributed by atoms with E-state index in [-0.39, 0.29) is 11.2 Å². The van der Waals surface area contributed by atoms with Gasteiger partial charge in [-0.25, -0.2) is 4.98 Å². The van der Waals surface area contributed by atoms with Crippen molar-refractivity contribution in [3.05, 3.63) is 41.4 Å². The van der Waals surface area contributed by atoms with E-state index in [2.05, 4.69) is 25.8 Å². The van der Waals surface area contributed by atoms with Crippen LogP contribution in [0.5, 0.6) is 0 Å². The van der Waals surface area contributed by atoms with Crippen LogP contribution < -0.4 is 5.32 Å². The zero-order valence-corrected chi connectivity index (χ0v) is 14.1. The van der Waals surface area contributed by atoms with Gasteiger partial charge in [0.1, 0.15) is 0 Å². The first-order chi connectivity index (χ1) is 11.1. The molecule has 1 N–H and O–H groups in total. The van der Waals surface area contributed by atoms with Crippen molar-refractivity contribution in [1.82, 2.24) is 25.2 Å². The van der Waals surface area contributed by atoms with E-state index in [1.807, 2.05) is 43.5 Å². The zero-order valence-electron chi connectivity index (χ0n) is 12.5. The second-order valence-corrected chi connectivity index (χ2v) is 7.00. The average molecular weight is 346 g/mol. The molecule has 0 fully saturated rings. The lowest BCUT2D eigenvalue weighted by atomic mass is 10.2. The number of nitrogens with zero attached hydrogens (tertiary/aromatic N) is 5. The van der Waals surface area contributed by atoms with Crippen molar-refractivity contribution in [2.45, 2.75) is 24.3 Å². The van der Waals surface area contributed by atoms with Crippen molar-refractivity contribution < 1.29 is 4.79 Å². The number of thioether (sulfide) groups is 1. The molecule has 3 rings (SSSR count). The minimum Gasteiger partial charge on any atom is -0.301 e. The summed E-state index contributed by atoms with van der Waals surface area (Å²) in [5.41, 5.74) is 1.98. The summed E-state index contributed by atoms with van der Waals surface area (Å²) in [6.07, 6.45) is 1.65. The summed E-state index contributed by atoms with van der Waals surface area (Å²) in [6.45, 7) is 3.81. The van der Waals surface area contributed by atoms with Gasteiger partial charge in [-0.15, -0.1) is 16.4 Å². The summed E-state index contributed by atoms with van der Waals surface area (Å²) in [7, 11) is 0. The molecule has 0 radical (unpaired) electrons. The van der Waals surface area contributed by atoms with Crippen LogP contribution in [-0.4, -0.2) is 36.3 Å². The molecule has 0 saturated heterocycles. The highest BCUT2D eigenvalue weighted by atomic mass is 32.2. The fraction of sp³-hybridized carbons (Fsp3) is 0.214. The predicted molar refractivity (Wildman–Crippen MR) is 90.0 cm³/mol. The van der Waals surface area contributed by atoms with E-state index < -0.39 is 0 Å². The SMILES string of the molecule is Cc1cccc(-n2nnnc2SC(C)C(=O)Nc2nccs2)c1. The maximum atomic E-state index is 12.2. The smallest absolute Gasteiger partial charge is 0.239 e. The molecule has 2 aromatic heterocycles. The highest BCUT2D eigenvalue weighted by Crippen LogP contribution is 2.24. The van der Waals surface area contributed by atoms with E-state index in [1.54, 1.807) is 10.9 Å². The van der Waals surface area contributed by atoms with Crippen LogP contribution in [-0.2, 0) is 4.79 Å². The number of carbonyl (C=O) groups is 1. The number of thiazole rings is 1.